The van der Waals surface area contributed by atoms with Gasteiger partial charge in [-0.05, 0) is 42.4 Å². The van der Waals surface area contributed by atoms with Gasteiger partial charge in [-0.15, -0.1) is 0 Å². The van der Waals surface area contributed by atoms with Gasteiger partial charge >= 0.3 is 0 Å². The predicted octanol–water partition coefficient (Wildman–Crippen LogP) is 2.74. The van der Waals surface area contributed by atoms with Crippen molar-refractivity contribution >= 4 is 0 Å². The summed E-state index contributed by atoms with van der Waals surface area (Å²) in [6.45, 7) is 17.2. The molecular formula is C16H30N2. The van der Waals surface area contributed by atoms with Crippen molar-refractivity contribution in [3.05, 3.63) is 0 Å². The largest absolute Gasteiger partial charge is 0.309 e. The molecule has 1 saturated heterocycles. The second kappa shape index (κ2) is 3.73. The van der Waals surface area contributed by atoms with E-state index in [-0.39, 0.29) is 0 Å². The fourth-order valence-corrected chi connectivity index (χ4v) is 4.30. The number of hydrogen-bond donors (Lipinski definition) is 1. The van der Waals surface area contributed by atoms with Crippen LogP contribution in [0.1, 0.15) is 47.5 Å². The quantitative estimate of drug-likeness (QED) is 0.828. The average Bonchev–Trinajstić information content (AvgIpc) is 3.14. The Labute approximate surface area is 113 Å². The highest BCUT2D eigenvalue weighted by atomic mass is 15.2. The Hall–Kier alpha value is -0.0800. The molecule has 0 radical (unpaired) electrons. The minimum atomic E-state index is 0.404. The van der Waals surface area contributed by atoms with E-state index in [1.807, 2.05) is 0 Å². The molecule has 2 heteroatoms. The molecular weight excluding hydrogens is 220 g/mol. The van der Waals surface area contributed by atoms with Crippen LogP contribution in [0.3, 0.4) is 0 Å². The third kappa shape index (κ3) is 1.84. The molecule has 104 valence electrons. The summed E-state index contributed by atoms with van der Waals surface area (Å²) in [6.07, 6.45) is 2.88. The van der Waals surface area contributed by atoms with Crippen molar-refractivity contribution in [2.45, 2.75) is 53.0 Å². The van der Waals surface area contributed by atoms with Crippen molar-refractivity contribution in [1.29, 1.82) is 0 Å². The number of rotatable bonds is 3. The van der Waals surface area contributed by atoms with E-state index in [4.69, 9.17) is 0 Å². The van der Waals surface area contributed by atoms with Crippen LogP contribution in [0.25, 0.3) is 0 Å². The number of hydrogen-bond acceptors (Lipinski definition) is 2. The Morgan fingerprint density at radius 3 is 2.17 bits per heavy atom. The van der Waals surface area contributed by atoms with Gasteiger partial charge < -0.3 is 5.32 Å². The zero-order valence-electron chi connectivity index (χ0n) is 12.8. The van der Waals surface area contributed by atoms with Crippen LogP contribution in [0, 0.1) is 22.7 Å². The highest BCUT2D eigenvalue weighted by Gasteiger charge is 2.64. The van der Waals surface area contributed by atoms with Gasteiger partial charge in [-0.3, -0.25) is 4.90 Å². The van der Waals surface area contributed by atoms with Crippen LogP contribution in [-0.4, -0.2) is 36.6 Å². The molecule has 1 atom stereocenters. The van der Waals surface area contributed by atoms with Gasteiger partial charge in [-0.25, -0.2) is 0 Å². The Morgan fingerprint density at radius 2 is 1.67 bits per heavy atom. The molecule has 0 aromatic carbocycles. The van der Waals surface area contributed by atoms with E-state index in [9.17, 15) is 0 Å². The zero-order valence-corrected chi connectivity index (χ0v) is 12.8. The number of nitrogens with one attached hydrogen (secondary N) is 1. The molecule has 3 rings (SSSR count). The summed E-state index contributed by atoms with van der Waals surface area (Å²) in [7, 11) is 0. The highest BCUT2D eigenvalue weighted by molar-refractivity contribution is 5.14. The van der Waals surface area contributed by atoms with E-state index in [1.54, 1.807) is 0 Å². The second-order valence-corrected chi connectivity index (χ2v) is 8.35. The van der Waals surface area contributed by atoms with E-state index in [0.717, 1.165) is 11.8 Å². The van der Waals surface area contributed by atoms with Crippen molar-refractivity contribution in [1.82, 2.24) is 10.2 Å². The maximum atomic E-state index is 3.78. The monoisotopic (exact) mass is 250 g/mol. The Balaban J connectivity index is 1.61. The van der Waals surface area contributed by atoms with Crippen LogP contribution >= 0.6 is 0 Å². The first kappa shape index (κ1) is 12.9. The van der Waals surface area contributed by atoms with Crippen LogP contribution in [-0.2, 0) is 0 Å². The number of piperazine rings is 1. The van der Waals surface area contributed by atoms with Crippen LogP contribution in [0.2, 0.25) is 0 Å². The molecule has 1 heterocycles. The molecule has 3 aliphatic rings. The van der Waals surface area contributed by atoms with Crippen LogP contribution in [0.5, 0.6) is 0 Å². The van der Waals surface area contributed by atoms with Gasteiger partial charge in [0.05, 0.1) is 0 Å². The average molecular weight is 250 g/mol. The van der Waals surface area contributed by atoms with Crippen molar-refractivity contribution in [2.24, 2.45) is 22.7 Å². The van der Waals surface area contributed by atoms with E-state index in [1.165, 1.54) is 39.0 Å². The van der Waals surface area contributed by atoms with Gasteiger partial charge in [0.25, 0.3) is 0 Å². The third-order valence-corrected chi connectivity index (χ3v) is 6.75. The van der Waals surface area contributed by atoms with E-state index < -0.39 is 0 Å². The minimum absolute atomic E-state index is 0.404. The maximum absolute atomic E-state index is 3.78. The summed E-state index contributed by atoms with van der Waals surface area (Å²) in [5.41, 5.74) is 1.48. The summed E-state index contributed by atoms with van der Waals surface area (Å²) in [5.74, 6) is 1.83. The maximum Gasteiger partial charge on any atom is 0.0309 e. The lowest BCUT2D eigenvalue weighted by atomic mass is 9.92. The molecule has 0 spiro atoms. The van der Waals surface area contributed by atoms with Crippen molar-refractivity contribution in [3.63, 3.8) is 0 Å². The summed E-state index contributed by atoms with van der Waals surface area (Å²) < 4.78 is 0. The SMILES string of the molecule is CC1(C2CC2)CN(CC2C(C)(C)C2(C)C)CCN1. The van der Waals surface area contributed by atoms with Gasteiger partial charge in [0.2, 0.25) is 0 Å². The molecule has 2 saturated carbocycles. The molecule has 0 aromatic heterocycles. The summed E-state index contributed by atoms with van der Waals surface area (Å²) in [5, 5.41) is 3.78. The molecule has 0 aromatic rings. The van der Waals surface area contributed by atoms with Gasteiger partial charge in [0, 0.05) is 31.7 Å². The lowest BCUT2D eigenvalue weighted by Gasteiger charge is -2.42. The fraction of sp³-hybridized carbons (Fsp3) is 1.00. The van der Waals surface area contributed by atoms with Gasteiger partial charge in [0.1, 0.15) is 0 Å². The fourth-order valence-electron chi connectivity index (χ4n) is 4.30. The van der Waals surface area contributed by atoms with Crippen molar-refractivity contribution in [3.8, 4) is 0 Å². The Kier molecular flexibility index (Phi) is 2.68. The molecule has 2 aliphatic carbocycles. The van der Waals surface area contributed by atoms with Crippen molar-refractivity contribution in [2.75, 3.05) is 26.2 Å². The van der Waals surface area contributed by atoms with Crippen LogP contribution in [0.4, 0.5) is 0 Å². The normalized spacial score (nSPS) is 39.8. The molecule has 18 heavy (non-hydrogen) atoms. The molecule has 0 bridgehead atoms. The molecule has 1 aliphatic heterocycles. The summed E-state index contributed by atoms with van der Waals surface area (Å²) in [6, 6.07) is 0. The lowest BCUT2D eigenvalue weighted by molar-refractivity contribution is 0.117. The lowest BCUT2D eigenvalue weighted by Crippen LogP contribution is -2.60. The third-order valence-electron chi connectivity index (χ3n) is 6.75. The molecule has 1 unspecified atom stereocenters. The van der Waals surface area contributed by atoms with Gasteiger partial charge in [-0.2, -0.15) is 0 Å². The first-order valence-electron chi connectivity index (χ1n) is 7.75. The Bertz CT molecular complexity index is 329. The molecule has 0 amide bonds. The number of nitrogens with zero attached hydrogens (tertiary/aromatic N) is 1. The summed E-state index contributed by atoms with van der Waals surface area (Å²) in [4.78, 5) is 2.73. The Morgan fingerprint density at radius 1 is 1.06 bits per heavy atom. The topological polar surface area (TPSA) is 15.3 Å². The first-order valence-corrected chi connectivity index (χ1v) is 7.75. The van der Waals surface area contributed by atoms with Gasteiger partial charge in [-0.1, -0.05) is 27.7 Å². The van der Waals surface area contributed by atoms with Crippen LogP contribution < -0.4 is 5.32 Å². The standard InChI is InChI=1S/C16H30N2/c1-14(2)13(15(14,3)4)10-18-9-8-17-16(5,11-18)12-6-7-12/h12-13,17H,6-11H2,1-5H3. The predicted molar refractivity (Wildman–Crippen MR) is 76.6 cm³/mol. The second-order valence-electron chi connectivity index (χ2n) is 8.35. The molecule has 3 fully saturated rings. The van der Waals surface area contributed by atoms with Crippen molar-refractivity contribution < 1.29 is 0 Å². The van der Waals surface area contributed by atoms with E-state index in [0.29, 0.717) is 16.4 Å². The van der Waals surface area contributed by atoms with E-state index in [2.05, 4.69) is 44.8 Å². The molecule has 1 N–H and O–H groups in total. The van der Waals surface area contributed by atoms with E-state index >= 15 is 0 Å². The smallest absolute Gasteiger partial charge is 0.0309 e. The zero-order chi connectivity index (χ0) is 13.2. The van der Waals surface area contributed by atoms with Crippen LogP contribution in [0.15, 0.2) is 0 Å². The summed E-state index contributed by atoms with van der Waals surface area (Å²) >= 11 is 0. The minimum Gasteiger partial charge on any atom is -0.309 e. The molecule has 2 nitrogen and oxygen atoms in total. The highest BCUT2D eigenvalue weighted by Crippen LogP contribution is 2.68. The van der Waals surface area contributed by atoms with Gasteiger partial charge in [0.15, 0.2) is 0 Å². The first-order chi connectivity index (χ1) is 8.27.